The minimum absolute atomic E-state index is 0.0330. The molecule has 7 heteroatoms. The second kappa shape index (κ2) is 7.40. The van der Waals surface area contributed by atoms with Crippen LogP contribution >= 0.6 is 0 Å². The van der Waals surface area contributed by atoms with Crippen LogP contribution in [0.5, 0.6) is 0 Å². The zero-order chi connectivity index (χ0) is 15.2. The van der Waals surface area contributed by atoms with E-state index in [-0.39, 0.29) is 37.3 Å². The van der Waals surface area contributed by atoms with Gasteiger partial charge in [-0.1, -0.05) is 12.8 Å². The molecule has 0 aromatic heterocycles. The summed E-state index contributed by atoms with van der Waals surface area (Å²) in [6.45, 7) is 1.02. The SMILES string of the molecule is O=C(NCCC(=O)N1CCOC(C(=O)O)C1)C1CCCC1. The third kappa shape index (κ3) is 4.42. The average Bonchev–Trinajstić information content (AvgIpc) is 3.01. The first kappa shape index (κ1) is 15.8. The fourth-order valence-electron chi connectivity index (χ4n) is 2.81. The van der Waals surface area contributed by atoms with E-state index in [1.165, 1.54) is 4.90 Å². The molecule has 2 rings (SSSR count). The Kier molecular flexibility index (Phi) is 5.55. The summed E-state index contributed by atoms with van der Waals surface area (Å²) in [5, 5.41) is 11.7. The summed E-state index contributed by atoms with van der Waals surface area (Å²) in [5.74, 6) is -1.07. The first-order valence-corrected chi connectivity index (χ1v) is 7.48. The van der Waals surface area contributed by atoms with Crippen molar-refractivity contribution in [2.75, 3.05) is 26.2 Å². The van der Waals surface area contributed by atoms with Gasteiger partial charge in [-0.05, 0) is 12.8 Å². The molecule has 118 valence electrons. The van der Waals surface area contributed by atoms with Crippen LogP contribution < -0.4 is 5.32 Å². The molecular formula is C14H22N2O5. The fourth-order valence-corrected chi connectivity index (χ4v) is 2.81. The van der Waals surface area contributed by atoms with E-state index in [1.807, 2.05) is 0 Å². The van der Waals surface area contributed by atoms with Gasteiger partial charge in [-0.2, -0.15) is 0 Å². The predicted molar refractivity (Wildman–Crippen MR) is 73.5 cm³/mol. The second-order valence-corrected chi connectivity index (χ2v) is 5.56. The van der Waals surface area contributed by atoms with Crippen molar-refractivity contribution in [1.82, 2.24) is 10.2 Å². The standard InChI is InChI=1S/C14H22N2O5/c17-12(16-7-8-21-11(9-16)14(19)20)5-6-15-13(18)10-3-1-2-4-10/h10-11H,1-9H2,(H,15,18)(H,19,20). The predicted octanol–water partition coefficient (Wildman–Crippen LogP) is -0.00510. The summed E-state index contributed by atoms with van der Waals surface area (Å²) in [4.78, 5) is 36.1. The van der Waals surface area contributed by atoms with Crippen molar-refractivity contribution in [2.45, 2.75) is 38.2 Å². The molecule has 1 heterocycles. The Balaban J connectivity index is 1.69. The van der Waals surface area contributed by atoms with Crippen LogP contribution in [0.15, 0.2) is 0 Å². The third-order valence-corrected chi connectivity index (χ3v) is 4.06. The molecule has 0 bridgehead atoms. The highest BCUT2D eigenvalue weighted by Gasteiger charge is 2.29. The number of aliphatic carboxylic acids is 1. The maximum Gasteiger partial charge on any atom is 0.334 e. The van der Waals surface area contributed by atoms with Gasteiger partial charge in [0.25, 0.3) is 0 Å². The molecule has 0 radical (unpaired) electrons. The number of carbonyl (C=O) groups is 3. The van der Waals surface area contributed by atoms with Crippen LogP contribution in [0.4, 0.5) is 0 Å². The Morgan fingerprint density at radius 3 is 2.62 bits per heavy atom. The number of rotatable bonds is 5. The lowest BCUT2D eigenvalue weighted by Crippen LogP contribution is -2.49. The smallest absolute Gasteiger partial charge is 0.334 e. The van der Waals surface area contributed by atoms with Gasteiger partial charge < -0.3 is 20.1 Å². The molecule has 1 unspecified atom stereocenters. The van der Waals surface area contributed by atoms with E-state index >= 15 is 0 Å². The molecular weight excluding hydrogens is 276 g/mol. The van der Waals surface area contributed by atoms with Gasteiger partial charge in [-0.3, -0.25) is 9.59 Å². The van der Waals surface area contributed by atoms with E-state index in [1.54, 1.807) is 0 Å². The number of nitrogens with one attached hydrogen (secondary N) is 1. The molecule has 7 nitrogen and oxygen atoms in total. The van der Waals surface area contributed by atoms with Crippen LogP contribution in [-0.2, 0) is 19.1 Å². The van der Waals surface area contributed by atoms with Crippen LogP contribution in [-0.4, -0.2) is 60.1 Å². The summed E-state index contributed by atoms with van der Waals surface area (Å²) < 4.78 is 5.07. The van der Waals surface area contributed by atoms with Gasteiger partial charge in [-0.15, -0.1) is 0 Å². The molecule has 1 saturated carbocycles. The summed E-state index contributed by atoms with van der Waals surface area (Å²) in [6.07, 6.45) is 3.32. The minimum Gasteiger partial charge on any atom is -0.479 e. The molecule has 1 saturated heterocycles. The van der Waals surface area contributed by atoms with Gasteiger partial charge in [0.2, 0.25) is 11.8 Å². The van der Waals surface area contributed by atoms with Gasteiger partial charge in [-0.25, -0.2) is 4.79 Å². The van der Waals surface area contributed by atoms with Crippen molar-refractivity contribution in [3.05, 3.63) is 0 Å². The first-order valence-electron chi connectivity index (χ1n) is 7.48. The van der Waals surface area contributed by atoms with Crippen molar-refractivity contribution in [3.8, 4) is 0 Å². The molecule has 0 spiro atoms. The van der Waals surface area contributed by atoms with Crippen molar-refractivity contribution in [1.29, 1.82) is 0 Å². The zero-order valence-corrected chi connectivity index (χ0v) is 12.0. The number of amides is 2. The van der Waals surface area contributed by atoms with Crippen molar-refractivity contribution >= 4 is 17.8 Å². The topological polar surface area (TPSA) is 95.9 Å². The van der Waals surface area contributed by atoms with Crippen LogP contribution in [0.1, 0.15) is 32.1 Å². The number of hydrogen-bond acceptors (Lipinski definition) is 4. The zero-order valence-electron chi connectivity index (χ0n) is 12.0. The molecule has 1 atom stereocenters. The fraction of sp³-hybridized carbons (Fsp3) is 0.786. The summed E-state index contributed by atoms with van der Waals surface area (Å²) in [6, 6.07) is 0. The third-order valence-electron chi connectivity index (χ3n) is 4.06. The largest absolute Gasteiger partial charge is 0.479 e. The molecule has 1 aliphatic carbocycles. The Hall–Kier alpha value is -1.63. The number of carbonyl (C=O) groups excluding carboxylic acids is 2. The van der Waals surface area contributed by atoms with Gasteiger partial charge >= 0.3 is 5.97 Å². The van der Waals surface area contributed by atoms with E-state index in [9.17, 15) is 14.4 Å². The van der Waals surface area contributed by atoms with Crippen molar-refractivity contribution in [3.63, 3.8) is 0 Å². The number of carboxylic acid groups (broad SMARTS) is 1. The lowest BCUT2D eigenvalue weighted by atomic mass is 10.1. The summed E-state index contributed by atoms with van der Waals surface area (Å²) in [5.41, 5.74) is 0. The maximum atomic E-state index is 12.0. The summed E-state index contributed by atoms with van der Waals surface area (Å²) >= 11 is 0. The van der Waals surface area contributed by atoms with E-state index in [2.05, 4.69) is 5.32 Å². The maximum absolute atomic E-state index is 12.0. The quantitative estimate of drug-likeness (QED) is 0.744. The first-order chi connectivity index (χ1) is 10.1. The van der Waals surface area contributed by atoms with Crippen LogP contribution in [0.25, 0.3) is 0 Å². The number of nitrogens with zero attached hydrogens (tertiary/aromatic N) is 1. The van der Waals surface area contributed by atoms with Gasteiger partial charge in [0.1, 0.15) is 0 Å². The Bertz CT molecular complexity index is 406. The normalized spacial score (nSPS) is 23.0. The Labute approximate surface area is 123 Å². The van der Waals surface area contributed by atoms with Crippen LogP contribution in [0.2, 0.25) is 0 Å². The highest BCUT2D eigenvalue weighted by molar-refractivity contribution is 5.81. The van der Waals surface area contributed by atoms with Crippen molar-refractivity contribution < 1.29 is 24.2 Å². The van der Waals surface area contributed by atoms with E-state index in [0.29, 0.717) is 13.1 Å². The van der Waals surface area contributed by atoms with Gasteiger partial charge in [0, 0.05) is 25.4 Å². The lowest BCUT2D eigenvalue weighted by Gasteiger charge is -2.31. The van der Waals surface area contributed by atoms with E-state index in [0.717, 1.165) is 25.7 Å². The highest BCUT2D eigenvalue weighted by Crippen LogP contribution is 2.24. The average molecular weight is 298 g/mol. The monoisotopic (exact) mass is 298 g/mol. The number of hydrogen-bond donors (Lipinski definition) is 2. The van der Waals surface area contributed by atoms with Gasteiger partial charge in [0.05, 0.1) is 13.2 Å². The second-order valence-electron chi connectivity index (χ2n) is 5.56. The summed E-state index contributed by atoms with van der Waals surface area (Å²) in [7, 11) is 0. The highest BCUT2D eigenvalue weighted by atomic mass is 16.5. The van der Waals surface area contributed by atoms with E-state index < -0.39 is 12.1 Å². The molecule has 21 heavy (non-hydrogen) atoms. The van der Waals surface area contributed by atoms with Crippen LogP contribution in [0, 0.1) is 5.92 Å². The van der Waals surface area contributed by atoms with Gasteiger partial charge in [0.15, 0.2) is 6.10 Å². The van der Waals surface area contributed by atoms with E-state index in [4.69, 9.17) is 9.84 Å². The molecule has 1 aliphatic heterocycles. The molecule has 2 fully saturated rings. The number of ether oxygens (including phenoxy) is 1. The van der Waals surface area contributed by atoms with Crippen LogP contribution in [0.3, 0.4) is 0 Å². The molecule has 0 aromatic rings. The Morgan fingerprint density at radius 2 is 1.95 bits per heavy atom. The Morgan fingerprint density at radius 1 is 1.24 bits per heavy atom. The molecule has 2 amide bonds. The molecule has 0 aromatic carbocycles. The molecule has 2 N–H and O–H groups in total. The minimum atomic E-state index is -1.05. The number of carboxylic acids is 1. The lowest BCUT2D eigenvalue weighted by molar-refractivity contribution is -0.159. The molecule has 2 aliphatic rings. The van der Waals surface area contributed by atoms with Crippen molar-refractivity contribution in [2.24, 2.45) is 5.92 Å². The number of morpholine rings is 1.